The van der Waals surface area contributed by atoms with Gasteiger partial charge in [0.2, 0.25) is 0 Å². The van der Waals surface area contributed by atoms with Gasteiger partial charge >= 0.3 is 6.55 Å². The minimum atomic E-state index is -2.76. The number of aliphatic hydroxyl groups is 1. The van der Waals surface area contributed by atoms with Crippen LogP contribution in [0.4, 0.5) is 8.78 Å². The highest BCUT2D eigenvalue weighted by Crippen LogP contribution is 2.39. The second-order valence-corrected chi connectivity index (χ2v) is 12.4. The first-order valence-electron chi connectivity index (χ1n) is 14.3. The number of carbonyl (C=O) groups is 1. The van der Waals surface area contributed by atoms with Crippen LogP contribution in [0.5, 0.6) is 0 Å². The zero-order valence-electron chi connectivity index (χ0n) is 24.7. The molecule has 5 rings (SSSR count). The normalized spacial score (nSPS) is 14.7. The first-order chi connectivity index (χ1) is 21.0. The SMILES string of the molecule is CC(C)(C)CCN=C(N)N(C(=O)c1ccc(-c2cnn(C(F)F)c2)cc1)[C@H](CO)c1ccc(Cl)c(-c2ncnn2C2CC2)c1. The van der Waals surface area contributed by atoms with Gasteiger partial charge in [-0.3, -0.25) is 14.7 Å². The summed E-state index contributed by atoms with van der Waals surface area (Å²) < 4.78 is 28.4. The van der Waals surface area contributed by atoms with Crippen molar-refractivity contribution in [3.05, 3.63) is 77.3 Å². The molecule has 1 aliphatic carbocycles. The molecule has 13 heteroatoms. The van der Waals surface area contributed by atoms with Gasteiger partial charge in [-0.15, -0.1) is 0 Å². The third-order valence-electron chi connectivity index (χ3n) is 7.43. The molecule has 0 spiro atoms. The van der Waals surface area contributed by atoms with Gasteiger partial charge in [-0.1, -0.05) is 50.6 Å². The van der Waals surface area contributed by atoms with E-state index in [0.29, 0.717) is 44.3 Å². The number of amides is 1. The van der Waals surface area contributed by atoms with Gasteiger partial charge in [-0.25, -0.2) is 14.3 Å². The Kier molecular flexibility index (Phi) is 9.12. The molecule has 2 aromatic carbocycles. The molecule has 1 amide bonds. The molecule has 0 aliphatic heterocycles. The number of hydrogen-bond donors (Lipinski definition) is 2. The molecule has 1 fully saturated rings. The van der Waals surface area contributed by atoms with Crippen LogP contribution in [-0.2, 0) is 0 Å². The lowest BCUT2D eigenvalue weighted by Crippen LogP contribution is -2.46. The van der Waals surface area contributed by atoms with E-state index in [0.717, 1.165) is 19.3 Å². The molecule has 4 aromatic rings. The first kappa shape index (κ1) is 31.3. The van der Waals surface area contributed by atoms with Gasteiger partial charge in [0.15, 0.2) is 11.8 Å². The number of aliphatic hydroxyl groups excluding tert-OH is 1. The van der Waals surface area contributed by atoms with Crippen molar-refractivity contribution in [3.63, 3.8) is 0 Å². The molecular weight excluding hydrogens is 590 g/mol. The fourth-order valence-corrected chi connectivity index (χ4v) is 5.01. The fraction of sp³-hybridized carbons (Fsp3) is 0.387. The van der Waals surface area contributed by atoms with Crippen LogP contribution in [0.1, 0.15) is 74.6 Å². The van der Waals surface area contributed by atoms with Crippen molar-refractivity contribution >= 4 is 23.5 Å². The molecule has 2 heterocycles. The van der Waals surface area contributed by atoms with Gasteiger partial charge in [-0.2, -0.15) is 19.0 Å². The van der Waals surface area contributed by atoms with Gasteiger partial charge in [0, 0.05) is 29.4 Å². The smallest absolute Gasteiger partial charge is 0.333 e. The van der Waals surface area contributed by atoms with Crippen molar-refractivity contribution in [2.45, 2.75) is 58.7 Å². The predicted octanol–water partition coefficient (Wildman–Crippen LogP) is 6.12. The number of nitrogens with two attached hydrogens (primary N) is 1. The maximum atomic E-state index is 14.1. The van der Waals surface area contributed by atoms with E-state index in [1.165, 1.54) is 23.6 Å². The van der Waals surface area contributed by atoms with Crippen LogP contribution in [0.15, 0.2) is 66.2 Å². The summed E-state index contributed by atoms with van der Waals surface area (Å²) in [6.07, 6.45) is 6.78. The van der Waals surface area contributed by atoms with Gasteiger partial charge in [0.1, 0.15) is 6.33 Å². The standard InChI is InChI=1S/C31H35ClF2N8O2/c1-31(2,3)12-13-36-30(35)41(28(44)20-6-4-19(5-7-20)22-15-38-40(16-22)29(33)34)26(17-43)21-8-11-25(32)24(14-21)27-37-18-39-42(27)23-9-10-23/h4-8,11,14-16,18,23,26,29,43H,9-10,12-13,17H2,1-3H3,(H2,35,36)/t26-/m1/s1. The predicted molar refractivity (Wildman–Crippen MR) is 164 cm³/mol. The maximum absolute atomic E-state index is 14.1. The fourth-order valence-electron chi connectivity index (χ4n) is 4.81. The molecule has 1 atom stereocenters. The van der Waals surface area contributed by atoms with Crippen molar-refractivity contribution < 1.29 is 18.7 Å². The summed E-state index contributed by atoms with van der Waals surface area (Å²) in [5, 5.41) is 19.2. The Morgan fingerprint density at radius 2 is 1.89 bits per heavy atom. The molecular formula is C31H35ClF2N8O2. The average Bonchev–Trinajstić information content (AvgIpc) is 3.49. The van der Waals surface area contributed by atoms with Gasteiger partial charge in [0.05, 0.1) is 29.9 Å². The number of rotatable bonds is 10. The van der Waals surface area contributed by atoms with Crippen LogP contribution in [0.2, 0.25) is 5.02 Å². The van der Waals surface area contributed by atoms with Crippen molar-refractivity contribution in [1.29, 1.82) is 0 Å². The largest absolute Gasteiger partial charge is 0.394 e. The summed E-state index contributed by atoms with van der Waals surface area (Å²) >= 11 is 6.61. The van der Waals surface area contributed by atoms with Crippen molar-refractivity contribution in [3.8, 4) is 22.5 Å². The van der Waals surface area contributed by atoms with Gasteiger partial charge < -0.3 is 10.8 Å². The highest BCUT2D eigenvalue weighted by molar-refractivity contribution is 6.33. The van der Waals surface area contributed by atoms with Crippen molar-refractivity contribution in [1.82, 2.24) is 29.4 Å². The number of alkyl halides is 2. The molecule has 0 radical (unpaired) electrons. The van der Waals surface area contributed by atoms with E-state index in [4.69, 9.17) is 17.3 Å². The number of hydrogen-bond acceptors (Lipinski definition) is 6. The van der Waals surface area contributed by atoms with E-state index in [2.05, 4.69) is 40.9 Å². The Morgan fingerprint density at radius 1 is 1.16 bits per heavy atom. The molecule has 0 bridgehead atoms. The van der Waals surface area contributed by atoms with E-state index in [-0.39, 0.29) is 23.0 Å². The van der Waals surface area contributed by atoms with Gasteiger partial charge in [0.25, 0.3) is 5.91 Å². The lowest BCUT2D eigenvalue weighted by Gasteiger charge is -2.31. The molecule has 10 nitrogen and oxygen atoms in total. The average molecular weight is 625 g/mol. The molecule has 0 saturated heterocycles. The Morgan fingerprint density at radius 3 is 2.50 bits per heavy atom. The number of benzene rings is 2. The highest BCUT2D eigenvalue weighted by Gasteiger charge is 2.32. The molecule has 1 aliphatic rings. The first-order valence-corrected chi connectivity index (χ1v) is 14.7. The van der Waals surface area contributed by atoms with Crippen molar-refractivity contribution in [2.75, 3.05) is 13.2 Å². The lowest BCUT2D eigenvalue weighted by atomic mass is 9.92. The Labute approximate surface area is 259 Å². The van der Waals surface area contributed by atoms with E-state index in [9.17, 15) is 18.7 Å². The van der Waals surface area contributed by atoms with E-state index < -0.39 is 25.1 Å². The minimum Gasteiger partial charge on any atom is -0.394 e. The summed E-state index contributed by atoms with van der Waals surface area (Å²) in [6, 6.07) is 11.0. The highest BCUT2D eigenvalue weighted by atomic mass is 35.5. The van der Waals surface area contributed by atoms with Crippen molar-refractivity contribution in [2.24, 2.45) is 16.1 Å². The molecule has 3 N–H and O–H groups in total. The maximum Gasteiger partial charge on any atom is 0.333 e. The van der Waals surface area contributed by atoms with Crippen LogP contribution in [0.25, 0.3) is 22.5 Å². The van der Waals surface area contributed by atoms with E-state index >= 15 is 0 Å². The number of carbonyl (C=O) groups excluding carboxylic acids is 1. The number of aromatic nitrogens is 5. The molecule has 232 valence electrons. The second-order valence-electron chi connectivity index (χ2n) is 12.0. The molecule has 1 saturated carbocycles. The lowest BCUT2D eigenvalue weighted by molar-refractivity contribution is 0.0566. The van der Waals surface area contributed by atoms with E-state index in [1.54, 1.807) is 42.5 Å². The molecule has 2 aromatic heterocycles. The van der Waals surface area contributed by atoms with Gasteiger partial charge in [-0.05, 0) is 60.1 Å². The van der Waals surface area contributed by atoms with Crippen LogP contribution >= 0.6 is 11.6 Å². The van der Waals surface area contributed by atoms with Crippen LogP contribution in [-0.4, -0.2) is 59.6 Å². The third kappa shape index (κ3) is 6.97. The second kappa shape index (κ2) is 12.8. The number of aliphatic imine (C=N–C) groups is 1. The minimum absolute atomic E-state index is 0.00839. The summed E-state index contributed by atoms with van der Waals surface area (Å²) in [6.45, 7) is 3.41. The molecule has 44 heavy (non-hydrogen) atoms. The topological polar surface area (TPSA) is 127 Å². The third-order valence-corrected chi connectivity index (χ3v) is 7.76. The van der Waals surface area contributed by atoms with E-state index in [1.807, 2.05) is 4.68 Å². The zero-order chi connectivity index (χ0) is 31.6. The van der Waals surface area contributed by atoms with Crippen LogP contribution in [0, 0.1) is 5.41 Å². The summed E-state index contributed by atoms with van der Waals surface area (Å²) in [5.74, 6) is 0.0678. The Bertz CT molecular complexity index is 1640. The zero-order valence-corrected chi connectivity index (χ0v) is 25.5. The van der Waals surface area contributed by atoms with Crippen LogP contribution in [0.3, 0.4) is 0 Å². The summed E-state index contributed by atoms with van der Waals surface area (Å²) in [7, 11) is 0. The Hall–Kier alpha value is -4.16. The van der Waals surface area contributed by atoms with Crippen LogP contribution < -0.4 is 5.73 Å². The number of halogens is 3. The number of nitrogens with zero attached hydrogens (tertiary/aromatic N) is 7. The number of guanidine groups is 1. The summed E-state index contributed by atoms with van der Waals surface area (Å²) in [4.78, 5) is 24.3. The molecule has 0 unspecified atom stereocenters. The summed E-state index contributed by atoms with van der Waals surface area (Å²) in [5.41, 5.74) is 9.04. The monoisotopic (exact) mass is 624 g/mol. The Balaban J connectivity index is 1.50. The quantitative estimate of drug-likeness (QED) is 0.162.